The van der Waals surface area contributed by atoms with Crippen LogP contribution in [0.5, 0.6) is 0 Å². The second-order valence-electron chi connectivity index (χ2n) is 4.18. The highest BCUT2D eigenvalue weighted by molar-refractivity contribution is 7.85. The van der Waals surface area contributed by atoms with Crippen LogP contribution in [0.4, 0.5) is 0 Å². The lowest BCUT2D eigenvalue weighted by Gasteiger charge is -2.16. The van der Waals surface area contributed by atoms with Gasteiger partial charge in [-0.3, -0.25) is 9.35 Å². The highest BCUT2D eigenvalue weighted by atomic mass is 32.2. The van der Waals surface area contributed by atoms with Crippen LogP contribution in [-0.4, -0.2) is 37.2 Å². The summed E-state index contributed by atoms with van der Waals surface area (Å²) in [5, 5.41) is 2.87. The summed E-state index contributed by atoms with van der Waals surface area (Å²) in [7, 11) is -3.92. The minimum atomic E-state index is -3.92. The van der Waals surface area contributed by atoms with Crippen LogP contribution in [0, 0.1) is 5.92 Å². The molecule has 0 radical (unpaired) electrons. The van der Waals surface area contributed by atoms with Gasteiger partial charge in [-0.15, -0.1) is 0 Å². The molecule has 0 heterocycles. The normalized spacial score (nSPS) is 14.0. The minimum Gasteiger partial charge on any atom is -0.368 e. The van der Waals surface area contributed by atoms with Gasteiger partial charge in [0.05, 0.1) is 11.8 Å². The van der Waals surface area contributed by atoms with E-state index >= 15 is 0 Å². The quantitative estimate of drug-likeness (QED) is 0.408. The van der Waals surface area contributed by atoms with Crippen molar-refractivity contribution in [1.29, 1.82) is 0 Å². The molecule has 0 fully saturated rings. The summed E-state index contributed by atoms with van der Waals surface area (Å²) in [6, 6.07) is -0.443. The van der Waals surface area contributed by atoms with Gasteiger partial charge in [-0.2, -0.15) is 8.42 Å². The van der Waals surface area contributed by atoms with Crippen LogP contribution in [0.15, 0.2) is 0 Å². The van der Waals surface area contributed by atoms with Crippen molar-refractivity contribution in [1.82, 2.24) is 5.32 Å². The van der Waals surface area contributed by atoms with Gasteiger partial charge >= 0.3 is 0 Å². The number of primary amides is 1. The van der Waals surface area contributed by atoms with Gasteiger partial charge in [-0.1, -0.05) is 13.8 Å². The van der Waals surface area contributed by atoms with Gasteiger partial charge in [0.25, 0.3) is 10.1 Å². The number of rotatable bonds is 8. The van der Waals surface area contributed by atoms with Gasteiger partial charge in [0, 0.05) is 0 Å². The van der Waals surface area contributed by atoms with E-state index in [0.29, 0.717) is 18.9 Å². The number of amides is 1. The van der Waals surface area contributed by atoms with Gasteiger partial charge in [-0.05, 0) is 25.3 Å². The molecule has 4 N–H and O–H groups in total. The molecular formula is C9H20N2O4S. The molecule has 0 saturated heterocycles. The number of hydrogen-bond acceptors (Lipinski definition) is 4. The van der Waals surface area contributed by atoms with E-state index < -0.39 is 22.1 Å². The van der Waals surface area contributed by atoms with Gasteiger partial charge in [0.2, 0.25) is 5.91 Å². The Labute approximate surface area is 96.3 Å². The fourth-order valence-electron chi connectivity index (χ4n) is 1.30. The summed E-state index contributed by atoms with van der Waals surface area (Å²) < 4.78 is 29.3. The lowest BCUT2D eigenvalue weighted by molar-refractivity contribution is -0.120. The number of nitrogens with two attached hydrogens (primary N) is 1. The number of carbonyl (C=O) groups excluding carboxylic acids is 1. The number of nitrogens with one attached hydrogen (secondary N) is 1. The maximum atomic E-state index is 11.0. The van der Waals surface area contributed by atoms with Crippen LogP contribution >= 0.6 is 0 Å². The molecule has 0 bridgehead atoms. The molecule has 0 spiro atoms. The van der Waals surface area contributed by atoms with Crippen LogP contribution in [0.3, 0.4) is 0 Å². The third-order valence-electron chi connectivity index (χ3n) is 2.02. The molecule has 6 nitrogen and oxygen atoms in total. The summed E-state index contributed by atoms with van der Waals surface area (Å²) in [6.07, 6.45) is 0.863. The summed E-state index contributed by atoms with van der Waals surface area (Å²) >= 11 is 0. The topological polar surface area (TPSA) is 109 Å². The Morgan fingerprint density at radius 3 is 2.38 bits per heavy atom. The van der Waals surface area contributed by atoms with Crippen molar-refractivity contribution in [2.24, 2.45) is 11.7 Å². The van der Waals surface area contributed by atoms with Crippen molar-refractivity contribution in [3.8, 4) is 0 Å². The fraction of sp³-hybridized carbons (Fsp3) is 0.889. The molecule has 0 rings (SSSR count). The molecule has 0 unspecified atom stereocenters. The van der Waals surface area contributed by atoms with Crippen LogP contribution < -0.4 is 11.1 Å². The maximum Gasteiger partial charge on any atom is 0.264 e. The minimum absolute atomic E-state index is 0.251. The van der Waals surface area contributed by atoms with Crippen molar-refractivity contribution in [3.63, 3.8) is 0 Å². The monoisotopic (exact) mass is 252 g/mol. The van der Waals surface area contributed by atoms with Crippen molar-refractivity contribution in [2.45, 2.75) is 32.7 Å². The second kappa shape index (κ2) is 6.82. The largest absolute Gasteiger partial charge is 0.368 e. The zero-order valence-corrected chi connectivity index (χ0v) is 10.5. The highest BCUT2D eigenvalue weighted by Gasteiger charge is 2.16. The van der Waals surface area contributed by atoms with Gasteiger partial charge in [-0.25, -0.2) is 0 Å². The Hall–Kier alpha value is -0.660. The Morgan fingerprint density at radius 1 is 1.44 bits per heavy atom. The van der Waals surface area contributed by atoms with Crippen molar-refractivity contribution in [3.05, 3.63) is 0 Å². The Morgan fingerprint density at radius 2 is 2.00 bits per heavy atom. The Kier molecular flexibility index (Phi) is 6.54. The third-order valence-corrected chi connectivity index (χ3v) is 2.82. The average molecular weight is 252 g/mol. The Balaban J connectivity index is 3.90. The summed E-state index contributed by atoms with van der Waals surface area (Å²) in [4.78, 5) is 11.0. The fourth-order valence-corrected chi connectivity index (χ4v) is 1.81. The molecule has 0 aliphatic carbocycles. The van der Waals surface area contributed by atoms with Crippen molar-refractivity contribution >= 4 is 16.0 Å². The Bertz CT molecular complexity index is 313. The molecule has 96 valence electrons. The van der Waals surface area contributed by atoms with E-state index in [4.69, 9.17) is 10.3 Å². The molecule has 0 aliphatic heterocycles. The van der Waals surface area contributed by atoms with Gasteiger partial charge < -0.3 is 11.1 Å². The van der Waals surface area contributed by atoms with E-state index in [2.05, 4.69) is 5.32 Å². The van der Waals surface area contributed by atoms with E-state index in [0.717, 1.165) is 0 Å². The maximum absolute atomic E-state index is 11.0. The molecular weight excluding hydrogens is 232 g/mol. The van der Waals surface area contributed by atoms with Crippen LogP contribution in [-0.2, 0) is 14.9 Å². The zero-order valence-electron chi connectivity index (χ0n) is 9.64. The molecule has 7 heteroatoms. The molecule has 0 saturated carbocycles. The van der Waals surface area contributed by atoms with Crippen LogP contribution in [0.2, 0.25) is 0 Å². The lowest BCUT2D eigenvalue weighted by Crippen LogP contribution is -2.42. The van der Waals surface area contributed by atoms with Gasteiger partial charge in [0.15, 0.2) is 0 Å². The standard InChI is InChI=1S/C9H20N2O4S/c1-7(2)6-8(9(10)12)11-4-3-5-16(13,14)15/h7-8,11H,3-6H2,1-2H3,(H2,10,12)(H,13,14,15)/t8-/m0/s1. The first-order valence-electron chi connectivity index (χ1n) is 5.20. The molecule has 0 aromatic heterocycles. The predicted molar refractivity (Wildman–Crippen MR) is 61.5 cm³/mol. The number of hydrogen-bond donors (Lipinski definition) is 3. The molecule has 0 aliphatic rings. The summed E-state index contributed by atoms with van der Waals surface area (Å²) in [5.74, 6) is -0.431. The number of carbonyl (C=O) groups is 1. The molecule has 0 aromatic rings. The van der Waals surface area contributed by atoms with Crippen molar-refractivity contribution in [2.75, 3.05) is 12.3 Å². The first-order valence-corrected chi connectivity index (χ1v) is 6.81. The summed E-state index contributed by atoms with van der Waals surface area (Å²) in [5.41, 5.74) is 5.18. The van der Waals surface area contributed by atoms with E-state index in [1.807, 2.05) is 13.8 Å². The van der Waals surface area contributed by atoms with Crippen LogP contribution in [0.25, 0.3) is 0 Å². The smallest absolute Gasteiger partial charge is 0.264 e. The van der Waals surface area contributed by atoms with Crippen molar-refractivity contribution < 1.29 is 17.8 Å². The first kappa shape index (κ1) is 15.3. The van der Waals surface area contributed by atoms with Crippen LogP contribution in [0.1, 0.15) is 26.7 Å². The van der Waals surface area contributed by atoms with E-state index in [1.54, 1.807) is 0 Å². The summed E-state index contributed by atoms with van der Waals surface area (Å²) in [6.45, 7) is 4.27. The average Bonchev–Trinajstić information content (AvgIpc) is 2.07. The molecule has 1 atom stereocenters. The lowest BCUT2D eigenvalue weighted by atomic mass is 10.0. The van der Waals surface area contributed by atoms with E-state index in [-0.39, 0.29) is 12.2 Å². The predicted octanol–water partition coefficient (Wildman–Crippen LogP) is -0.246. The molecule has 0 aromatic carbocycles. The zero-order chi connectivity index (χ0) is 12.8. The molecule has 16 heavy (non-hydrogen) atoms. The van der Waals surface area contributed by atoms with E-state index in [9.17, 15) is 13.2 Å². The van der Waals surface area contributed by atoms with E-state index in [1.165, 1.54) is 0 Å². The highest BCUT2D eigenvalue weighted by Crippen LogP contribution is 2.04. The SMILES string of the molecule is CC(C)C[C@H](NCCCS(=O)(=O)O)C(N)=O. The first-order chi connectivity index (χ1) is 7.22. The third kappa shape index (κ3) is 8.63. The second-order valence-corrected chi connectivity index (χ2v) is 5.75. The van der Waals surface area contributed by atoms with Gasteiger partial charge in [0.1, 0.15) is 0 Å². The molecule has 1 amide bonds.